The molecule has 1 fully saturated rings. The Morgan fingerprint density at radius 3 is 2.77 bits per heavy atom. The van der Waals surface area contributed by atoms with Gasteiger partial charge >= 0.3 is 0 Å². The van der Waals surface area contributed by atoms with Crippen molar-refractivity contribution < 1.29 is 0 Å². The number of aromatic nitrogens is 1. The number of hydrogen-bond acceptors (Lipinski definition) is 2. The Labute approximate surface area is 79.4 Å². The first kappa shape index (κ1) is 8.70. The Balaban J connectivity index is 2.12. The smallest absolute Gasteiger partial charge is 0.0575 e. The third-order valence-corrected chi connectivity index (χ3v) is 2.94. The van der Waals surface area contributed by atoms with E-state index in [-0.39, 0.29) is 0 Å². The minimum Gasteiger partial charge on any atom is -0.311 e. The summed E-state index contributed by atoms with van der Waals surface area (Å²) in [5.74, 6) is 0.805. The first-order chi connectivity index (χ1) is 6.42. The van der Waals surface area contributed by atoms with E-state index in [2.05, 4.69) is 22.4 Å². The van der Waals surface area contributed by atoms with Gasteiger partial charge in [0.15, 0.2) is 0 Å². The van der Waals surface area contributed by atoms with Gasteiger partial charge in [-0.25, -0.2) is 0 Å². The lowest BCUT2D eigenvalue weighted by molar-refractivity contribution is 0.236. The maximum absolute atomic E-state index is 4.39. The maximum Gasteiger partial charge on any atom is 0.0575 e. The van der Waals surface area contributed by atoms with Gasteiger partial charge in [-0.3, -0.25) is 4.98 Å². The van der Waals surface area contributed by atoms with Gasteiger partial charge in [-0.15, -0.1) is 0 Å². The van der Waals surface area contributed by atoms with E-state index in [1.807, 2.05) is 19.3 Å². The van der Waals surface area contributed by atoms with Crippen LogP contribution in [0.1, 0.15) is 31.0 Å². The van der Waals surface area contributed by atoms with Crippen LogP contribution in [0.3, 0.4) is 0 Å². The van der Waals surface area contributed by atoms with Crippen LogP contribution in [0.5, 0.6) is 0 Å². The number of nitrogens with zero attached hydrogens (tertiary/aromatic N) is 1. The monoisotopic (exact) mass is 176 g/mol. The second-order valence-electron chi connectivity index (χ2n) is 3.71. The molecule has 2 heteroatoms. The maximum atomic E-state index is 4.39. The molecular formula is C11H16N2. The molecule has 0 radical (unpaired) electrons. The molecule has 0 aliphatic heterocycles. The molecule has 0 amide bonds. The van der Waals surface area contributed by atoms with Crippen molar-refractivity contribution in [2.75, 3.05) is 7.05 Å². The first-order valence-corrected chi connectivity index (χ1v) is 5.00. The molecule has 1 heterocycles. The molecule has 2 nitrogen and oxygen atoms in total. The van der Waals surface area contributed by atoms with Gasteiger partial charge in [-0.05, 0) is 37.9 Å². The van der Waals surface area contributed by atoms with E-state index < -0.39 is 0 Å². The number of pyridine rings is 1. The highest BCUT2D eigenvalue weighted by Crippen LogP contribution is 2.36. The van der Waals surface area contributed by atoms with Gasteiger partial charge in [-0.1, -0.05) is 12.5 Å². The summed E-state index contributed by atoms with van der Waals surface area (Å²) in [6, 6.07) is 6.61. The van der Waals surface area contributed by atoms with E-state index in [4.69, 9.17) is 0 Å². The van der Waals surface area contributed by atoms with Gasteiger partial charge in [0.25, 0.3) is 0 Å². The average Bonchev–Trinajstić information content (AvgIpc) is 2.12. The minimum atomic E-state index is 0.468. The largest absolute Gasteiger partial charge is 0.311 e. The second kappa shape index (κ2) is 3.88. The third-order valence-electron chi connectivity index (χ3n) is 2.94. The van der Waals surface area contributed by atoms with Crippen molar-refractivity contribution in [3.63, 3.8) is 0 Å². The molecular weight excluding hydrogens is 160 g/mol. The molecule has 1 aliphatic carbocycles. The zero-order chi connectivity index (χ0) is 9.10. The van der Waals surface area contributed by atoms with Gasteiger partial charge in [0.1, 0.15) is 0 Å². The Hall–Kier alpha value is -0.890. The van der Waals surface area contributed by atoms with Crippen LogP contribution >= 0.6 is 0 Å². The third kappa shape index (κ3) is 1.73. The van der Waals surface area contributed by atoms with Crippen LogP contribution in [0.4, 0.5) is 0 Å². The van der Waals surface area contributed by atoms with Crippen molar-refractivity contribution >= 4 is 0 Å². The van der Waals surface area contributed by atoms with Gasteiger partial charge in [0.05, 0.1) is 11.7 Å². The summed E-state index contributed by atoms with van der Waals surface area (Å²) in [6.45, 7) is 0. The van der Waals surface area contributed by atoms with E-state index in [1.54, 1.807) is 0 Å². The lowest BCUT2D eigenvalue weighted by Crippen LogP contribution is -2.30. The Morgan fingerprint density at radius 1 is 1.46 bits per heavy atom. The highest BCUT2D eigenvalue weighted by atomic mass is 14.9. The molecule has 0 spiro atoms. The summed E-state index contributed by atoms with van der Waals surface area (Å²) in [5, 5.41) is 3.36. The van der Waals surface area contributed by atoms with E-state index in [9.17, 15) is 0 Å². The topological polar surface area (TPSA) is 24.9 Å². The molecule has 0 bridgehead atoms. The fraction of sp³-hybridized carbons (Fsp3) is 0.545. The van der Waals surface area contributed by atoms with Crippen LogP contribution in [-0.2, 0) is 0 Å². The molecule has 70 valence electrons. The van der Waals surface area contributed by atoms with Crippen LogP contribution in [-0.4, -0.2) is 12.0 Å². The summed E-state index contributed by atoms with van der Waals surface area (Å²) >= 11 is 0. The van der Waals surface area contributed by atoms with Crippen LogP contribution in [0, 0.1) is 5.92 Å². The molecule has 1 saturated carbocycles. The van der Waals surface area contributed by atoms with Crippen molar-refractivity contribution in [1.82, 2.24) is 10.3 Å². The fourth-order valence-corrected chi connectivity index (χ4v) is 1.96. The molecule has 1 aromatic heterocycles. The normalized spacial score (nSPS) is 19.5. The molecule has 2 rings (SSSR count). The summed E-state index contributed by atoms with van der Waals surface area (Å²) in [6.07, 6.45) is 5.96. The van der Waals surface area contributed by atoms with Gasteiger partial charge < -0.3 is 5.32 Å². The summed E-state index contributed by atoms with van der Waals surface area (Å²) in [4.78, 5) is 4.39. The molecule has 0 saturated heterocycles. The molecule has 13 heavy (non-hydrogen) atoms. The average molecular weight is 176 g/mol. The van der Waals surface area contributed by atoms with Crippen LogP contribution in [0.25, 0.3) is 0 Å². The highest BCUT2D eigenvalue weighted by molar-refractivity contribution is 5.10. The molecule has 1 unspecified atom stereocenters. The molecule has 1 aliphatic rings. The number of rotatable bonds is 3. The molecule has 1 aromatic rings. The molecule has 1 N–H and O–H groups in total. The minimum absolute atomic E-state index is 0.468. The van der Waals surface area contributed by atoms with E-state index in [0.717, 1.165) is 5.92 Å². The predicted octanol–water partition coefficient (Wildman–Crippen LogP) is 2.14. The van der Waals surface area contributed by atoms with Gasteiger partial charge in [-0.2, -0.15) is 0 Å². The Kier molecular flexibility index (Phi) is 2.60. The standard InChI is InChI=1S/C11H16N2/c1-12-11(9-5-4-6-9)10-7-2-3-8-13-10/h2-3,7-9,11-12H,4-6H2,1H3. The molecule has 1 atom stereocenters. The van der Waals surface area contributed by atoms with Gasteiger partial charge in [0, 0.05) is 6.20 Å². The quantitative estimate of drug-likeness (QED) is 0.763. The van der Waals surface area contributed by atoms with Crippen molar-refractivity contribution in [3.05, 3.63) is 30.1 Å². The predicted molar refractivity (Wildman–Crippen MR) is 53.4 cm³/mol. The van der Waals surface area contributed by atoms with Crippen molar-refractivity contribution in [2.45, 2.75) is 25.3 Å². The van der Waals surface area contributed by atoms with Crippen LogP contribution in [0.15, 0.2) is 24.4 Å². The SMILES string of the molecule is CNC(c1ccccn1)C1CCC1. The lowest BCUT2D eigenvalue weighted by atomic mass is 9.78. The Morgan fingerprint density at radius 2 is 2.31 bits per heavy atom. The summed E-state index contributed by atoms with van der Waals surface area (Å²) in [5.41, 5.74) is 1.19. The van der Waals surface area contributed by atoms with Crippen molar-refractivity contribution in [1.29, 1.82) is 0 Å². The van der Waals surface area contributed by atoms with E-state index in [1.165, 1.54) is 25.0 Å². The summed E-state index contributed by atoms with van der Waals surface area (Å²) in [7, 11) is 2.03. The van der Waals surface area contributed by atoms with E-state index >= 15 is 0 Å². The van der Waals surface area contributed by atoms with E-state index in [0.29, 0.717) is 6.04 Å². The zero-order valence-electron chi connectivity index (χ0n) is 8.03. The van der Waals surface area contributed by atoms with Gasteiger partial charge in [0.2, 0.25) is 0 Å². The Bertz CT molecular complexity index is 254. The zero-order valence-corrected chi connectivity index (χ0v) is 8.03. The molecule has 0 aromatic carbocycles. The first-order valence-electron chi connectivity index (χ1n) is 5.00. The van der Waals surface area contributed by atoms with Crippen LogP contribution in [0.2, 0.25) is 0 Å². The fourth-order valence-electron chi connectivity index (χ4n) is 1.96. The highest BCUT2D eigenvalue weighted by Gasteiger charge is 2.27. The van der Waals surface area contributed by atoms with Crippen molar-refractivity contribution in [3.8, 4) is 0 Å². The second-order valence-corrected chi connectivity index (χ2v) is 3.71. The number of hydrogen-bond donors (Lipinski definition) is 1. The summed E-state index contributed by atoms with van der Waals surface area (Å²) < 4.78 is 0. The van der Waals surface area contributed by atoms with Crippen LogP contribution < -0.4 is 5.32 Å². The van der Waals surface area contributed by atoms with Crippen molar-refractivity contribution in [2.24, 2.45) is 5.92 Å². The lowest BCUT2D eigenvalue weighted by Gasteiger charge is -2.33. The number of nitrogens with one attached hydrogen (secondary N) is 1.